The van der Waals surface area contributed by atoms with E-state index < -0.39 is 17.7 Å². The van der Waals surface area contributed by atoms with Crippen molar-refractivity contribution in [2.24, 2.45) is 0 Å². The number of aryl methyl sites for hydroxylation is 1. The minimum absolute atomic E-state index is 0.146. The third-order valence-electron chi connectivity index (χ3n) is 2.50. The molecule has 0 fully saturated rings. The molecule has 0 radical (unpaired) electrons. The van der Waals surface area contributed by atoms with Crippen LogP contribution < -0.4 is 5.32 Å². The maximum absolute atomic E-state index is 13.3. The molecule has 0 atom stereocenters. The van der Waals surface area contributed by atoms with Gasteiger partial charge in [0.25, 0.3) is 5.91 Å². The SMILES string of the molecule is Cc1cc(F)c(Br)cc1NC(=O)c1ccnc(F)c1. The average molecular weight is 327 g/mol. The minimum atomic E-state index is -0.732. The second-order valence-corrected chi connectivity index (χ2v) is 4.76. The quantitative estimate of drug-likeness (QED) is 0.855. The van der Waals surface area contributed by atoms with E-state index in [0.29, 0.717) is 11.3 Å². The van der Waals surface area contributed by atoms with Crippen molar-refractivity contribution in [1.29, 1.82) is 0 Å². The standard InChI is InChI=1S/C13H9BrF2N2O/c1-7-4-10(15)9(14)6-11(7)18-13(19)8-2-3-17-12(16)5-8/h2-6H,1H3,(H,18,19). The van der Waals surface area contributed by atoms with Crippen LogP contribution in [0.1, 0.15) is 15.9 Å². The lowest BCUT2D eigenvalue weighted by molar-refractivity contribution is 0.102. The predicted molar refractivity (Wildman–Crippen MR) is 71.0 cm³/mol. The molecule has 1 aromatic heterocycles. The summed E-state index contributed by atoms with van der Waals surface area (Å²) in [6.07, 6.45) is 1.21. The van der Waals surface area contributed by atoms with Crippen molar-refractivity contribution < 1.29 is 13.6 Å². The van der Waals surface area contributed by atoms with Gasteiger partial charge in [-0.15, -0.1) is 0 Å². The molecule has 1 aromatic carbocycles. The largest absolute Gasteiger partial charge is 0.322 e. The number of benzene rings is 1. The number of hydrogen-bond donors (Lipinski definition) is 1. The molecule has 0 aliphatic rings. The Morgan fingerprint density at radius 1 is 1.32 bits per heavy atom. The Morgan fingerprint density at radius 3 is 2.74 bits per heavy atom. The van der Waals surface area contributed by atoms with E-state index in [0.717, 1.165) is 6.07 Å². The van der Waals surface area contributed by atoms with Gasteiger partial charge in [0, 0.05) is 23.5 Å². The summed E-state index contributed by atoms with van der Waals surface area (Å²) in [7, 11) is 0. The zero-order chi connectivity index (χ0) is 14.0. The second-order valence-electron chi connectivity index (χ2n) is 3.90. The van der Waals surface area contributed by atoms with Gasteiger partial charge in [0.05, 0.1) is 4.47 Å². The smallest absolute Gasteiger partial charge is 0.255 e. The lowest BCUT2D eigenvalue weighted by atomic mass is 10.2. The third-order valence-corrected chi connectivity index (χ3v) is 3.11. The molecule has 1 heterocycles. The Bertz CT molecular complexity index is 647. The third kappa shape index (κ3) is 3.14. The molecule has 1 N–H and O–H groups in total. The number of hydrogen-bond acceptors (Lipinski definition) is 2. The zero-order valence-corrected chi connectivity index (χ0v) is 11.5. The van der Waals surface area contributed by atoms with Crippen LogP contribution in [0.15, 0.2) is 34.9 Å². The van der Waals surface area contributed by atoms with E-state index in [1.54, 1.807) is 6.92 Å². The number of carbonyl (C=O) groups is 1. The molecule has 0 spiro atoms. The summed E-state index contributed by atoms with van der Waals surface area (Å²) < 4.78 is 26.4. The number of nitrogens with zero attached hydrogens (tertiary/aromatic N) is 1. The van der Waals surface area contributed by atoms with Crippen molar-refractivity contribution >= 4 is 27.5 Å². The first-order chi connectivity index (χ1) is 8.97. The highest BCUT2D eigenvalue weighted by molar-refractivity contribution is 9.10. The van der Waals surface area contributed by atoms with Crippen LogP contribution in [-0.2, 0) is 0 Å². The molecule has 0 saturated heterocycles. The molecule has 98 valence electrons. The van der Waals surface area contributed by atoms with Crippen molar-refractivity contribution in [3.8, 4) is 0 Å². The van der Waals surface area contributed by atoms with Gasteiger partial charge in [-0.3, -0.25) is 4.79 Å². The lowest BCUT2D eigenvalue weighted by Gasteiger charge is -2.09. The minimum Gasteiger partial charge on any atom is -0.322 e. The average Bonchev–Trinajstić information content (AvgIpc) is 2.36. The Morgan fingerprint density at radius 2 is 2.05 bits per heavy atom. The second kappa shape index (κ2) is 5.44. The predicted octanol–water partition coefficient (Wildman–Crippen LogP) is 3.68. The number of pyridine rings is 1. The van der Waals surface area contributed by atoms with Crippen LogP contribution in [0, 0.1) is 18.7 Å². The molecule has 1 amide bonds. The molecule has 2 aromatic rings. The monoisotopic (exact) mass is 326 g/mol. The van der Waals surface area contributed by atoms with Crippen LogP contribution in [0.2, 0.25) is 0 Å². The number of rotatable bonds is 2. The molecular formula is C13H9BrF2N2O. The van der Waals surface area contributed by atoms with E-state index >= 15 is 0 Å². The van der Waals surface area contributed by atoms with E-state index in [9.17, 15) is 13.6 Å². The molecule has 0 aliphatic heterocycles. The van der Waals surface area contributed by atoms with Gasteiger partial charge < -0.3 is 5.32 Å². The number of carbonyl (C=O) groups excluding carboxylic acids is 1. The summed E-state index contributed by atoms with van der Waals surface area (Å²) in [5.41, 5.74) is 1.17. The number of amides is 1. The maximum atomic E-state index is 13.3. The van der Waals surface area contributed by atoms with Gasteiger partial charge in [-0.1, -0.05) is 0 Å². The fraction of sp³-hybridized carbons (Fsp3) is 0.0769. The first-order valence-electron chi connectivity index (χ1n) is 5.36. The zero-order valence-electron chi connectivity index (χ0n) is 9.88. The summed E-state index contributed by atoms with van der Waals surface area (Å²) in [4.78, 5) is 15.3. The van der Waals surface area contributed by atoms with Gasteiger partial charge in [0.2, 0.25) is 5.95 Å². The van der Waals surface area contributed by atoms with E-state index in [1.165, 1.54) is 24.4 Å². The lowest BCUT2D eigenvalue weighted by Crippen LogP contribution is -2.13. The van der Waals surface area contributed by atoms with Gasteiger partial charge in [0.1, 0.15) is 5.82 Å². The van der Waals surface area contributed by atoms with E-state index in [2.05, 4.69) is 26.2 Å². The van der Waals surface area contributed by atoms with Crippen molar-refractivity contribution in [2.75, 3.05) is 5.32 Å². The number of nitrogens with one attached hydrogen (secondary N) is 1. The number of aromatic nitrogens is 1. The number of anilines is 1. The van der Waals surface area contributed by atoms with Gasteiger partial charge in [0.15, 0.2) is 0 Å². The molecule has 19 heavy (non-hydrogen) atoms. The van der Waals surface area contributed by atoms with E-state index in [1.807, 2.05) is 0 Å². The first kappa shape index (κ1) is 13.6. The van der Waals surface area contributed by atoms with Crippen LogP contribution in [0.3, 0.4) is 0 Å². The summed E-state index contributed by atoms with van der Waals surface area (Å²) in [5.74, 6) is -1.63. The molecular weight excluding hydrogens is 318 g/mol. The van der Waals surface area contributed by atoms with Crippen LogP contribution in [0.25, 0.3) is 0 Å². The van der Waals surface area contributed by atoms with Crippen molar-refractivity contribution in [1.82, 2.24) is 4.98 Å². The summed E-state index contributed by atoms with van der Waals surface area (Å²) >= 11 is 3.04. The van der Waals surface area contributed by atoms with Gasteiger partial charge in [-0.2, -0.15) is 4.39 Å². The van der Waals surface area contributed by atoms with Crippen LogP contribution in [0.4, 0.5) is 14.5 Å². The normalized spacial score (nSPS) is 10.3. The van der Waals surface area contributed by atoms with Crippen LogP contribution in [-0.4, -0.2) is 10.9 Å². The van der Waals surface area contributed by atoms with Gasteiger partial charge >= 0.3 is 0 Å². The summed E-state index contributed by atoms with van der Waals surface area (Å²) in [6.45, 7) is 1.66. The summed E-state index contributed by atoms with van der Waals surface area (Å²) in [5, 5.41) is 2.59. The molecule has 3 nitrogen and oxygen atoms in total. The van der Waals surface area contributed by atoms with E-state index in [4.69, 9.17) is 0 Å². The van der Waals surface area contributed by atoms with Crippen molar-refractivity contribution in [3.63, 3.8) is 0 Å². The highest BCUT2D eigenvalue weighted by Crippen LogP contribution is 2.24. The van der Waals surface area contributed by atoms with Crippen LogP contribution >= 0.6 is 15.9 Å². The molecule has 0 bridgehead atoms. The Kier molecular flexibility index (Phi) is 3.90. The van der Waals surface area contributed by atoms with E-state index in [-0.39, 0.29) is 10.0 Å². The first-order valence-corrected chi connectivity index (χ1v) is 6.15. The fourth-order valence-corrected chi connectivity index (χ4v) is 1.86. The number of halogens is 3. The molecule has 2 rings (SSSR count). The topological polar surface area (TPSA) is 42.0 Å². The molecule has 0 aliphatic carbocycles. The fourth-order valence-electron chi connectivity index (χ4n) is 1.52. The Balaban J connectivity index is 2.27. The van der Waals surface area contributed by atoms with Gasteiger partial charge in [-0.25, -0.2) is 9.37 Å². The van der Waals surface area contributed by atoms with Crippen molar-refractivity contribution in [3.05, 3.63) is 57.8 Å². The summed E-state index contributed by atoms with van der Waals surface area (Å²) in [6, 6.07) is 5.18. The highest BCUT2D eigenvalue weighted by Gasteiger charge is 2.11. The van der Waals surface area contributed by atoms with Gasteiger partial charge in [-0.05, 0) is 46.6 Å². The van der Waals surface area contributed by atoms with Crippen molar-refractivity contribution in [2.45, 2.75) is 6.92 Å². The Hall–Kier alpha value is -1.82. The van der Waals surface area contributed by atoms with Crippen LogP contribution in [0.5, 0.6) is 0 Å². The molecule has 0 unspecified atom stereocenters. The molecule has 0 saturated carbocycles. The Labute approximate surface area is 116 Å². The molecule has 6 heteroatoms. The highest BCUT2D eigenvalue weighted by atomic mass is 79.9. The maximum Gasteiger partial charge on any atom is 0.255 e.